The van der Waals surface area contributed by atoms with E-state index in [1.165, 1.54) is 0 Å². The SMILES string of the molecule is COc1cc(C)cc(-c2cc(N)on2)c1Br. The molecule has 1 aromatic carbocycles. The van der Waals surface area contributed by atoms with Crippen molar-refractivity contribution in [1.82, 2.24) is 5.16 Å². The summed E-state index contributed by atoms with van der Waals surface area (Å²) < 4.78 is 11.0. The molecule has 5 heteroatoms. The first-order valence-electron chi connectivity index (χ1n) is 4.68. The summed E-state index contributed by atoms with van der Waals surface area (Å²) >= 11 is 3.47. The number of hydrogen-bond acceptors (Lipinski definition) is 4. The highest BCUT2D eigenvalue weighted by atomic mass is 79.9. The number of nitrogens with two attached hydrogens (primary N) is 1. The van der Waals surface area contributed by atoms with Gasteiger partial charge in [-0.3, -0.25) is 0 Å². The molecule has 2 rings (SSSR count). The predicted octanol–water partition coefficient (Wildman–Crippen LogP) is 3.00. The van der Waals surface area contributed by atoms with Gasteiger partial charge in [-0.05, 0) is 40.5 Å². The average molecular weight is 283 g/mol. The molecular formula is C11H11BrN2O2. The lowest BCUT2D eigenvalue weighted by molar-refractivity contribution is 0.412. The van der Waals surface area contributed by atoms with Crippen LogP contribution in [0.2, 0.25) is 0 Å². The van der Waals surface area contributed by atoms with Crippen molar-refractivity contribution in [3.8, 4) is 17.0 Å². The summed E-state index contributed by atoms with van der Waals surface area (Å²) in [6.07, 6.45) is 0. The van der Waals surface area contributed by atoms with E-state index >= 15 is 0 Å². The van der Waals surface area contributed by atoms with Gasteiger partial charge in [-0.1, -0.05) is 5.16 Å². The quantitative estimate of drug-likeness (QED) is 0.920. The fraction of sp³-hybridized carbons (Fsp3) is 0.182. The monoisotopic (exact) mass is 282 g/mol. The van der Waals surface area contributed by atoms with Crippen LogP contribution in [0, 0.1) is 6.92 Å². The number of aromatic nitrogens is 1. The van der Waals surface area contributed by atoms with Gasteiger partial charge in [0.1, 0.15) is 11.4 Å². The standard InChI is InChI=1S/C11H11BrN2O2/c1-6-3-7(8-5-10(13)16-14-8)11(12)9(4-6)15-2/h3-5H,13H2,1-2H3. The summed E-state index contributed by atoms with van der Waals surface area (Å²) in [5.41, 5.74) is 8.17. The Morgan fingerprint density at radius 2 is 2.12 bits per heavy atom. The van der Waals surface area contributed by atoms with Gasteiger partial charge in [-0.25, -0.2) is 0 Å². The minimum atomic E-state index is 0.294. The van der Waals surface area contributed by atoms with Gasteiger partial charge in [0.15, 0.2) is 0 Å². The Bertz CT molecular complexity index is 523. The van der Waals surface area contributed by atoms with Gasteiger partial charge in [-0.2, -0.15) is 0 Å². The molecule has 0 bridgehead atoms. The second kappa shape index (κ2) is 4.17. The van der Waals surface area contributed by atoms with Crippen molar-refractivity contribution in [2.75, 3.05) is 12.8 Å². The summed E-state index contributed by atoms with van der Waals surface area (Å²) in [5, 5.41) is 3.88. The van der Waals surface area contributed by atoms with E-state index in [1.807, 2.05) is 19.1 Å². The molecule has 2 N–H and O–H groups in total. The lowest BCUT2D eigenvalue weighted by Gasteiger charge is -2.08. The Morgan fingerprint density at radius 3 is 2.69 bits per heavy atom. The fourth-order valence-electron chi connectivity index (χ4n) is 1.49. The minimum Gasteiger partial charge on any atom is -0.496 e. The first kappa shape index (κ1) is 11.0. The molecule has 0 spiro atoms. The summed E-state index contributed by atoms with van der Waals surface area (Å²) in [7, 11) is 1.63. The van der Waals surface area contributed by atoms with Crippen LogP contribution in [0.4, 0.5) is 5.88 Å². The third-order valence-corrected chi connectivity index (χ3v) is 3.03. The van der Waals surface area contributed by atoms with Crippen molar-refractivity contribution in [1.29, 1.82) is 0 Å². The van der Waals surface area contributed by atoms with Crippen LogP contribution in [0.1, 0.15) is 5.56 Å². The van der Waals surface area contributed by atoms with E-state index in [9.17, 15) is 0 Å². The summed E-state index contributed by atoms with van der Waals surface area (Å²) in [6.45, 7) is 1.99. The smallest absolute Gasteiger partial charge is 0.222 e. The molecule has 0 unspecified atom stereocenters. The van der Waals surface area contributed by atoms with Crippen LogP contribution in [0.25, 0.3) is 11.3 Å². The van der Waals surface area contributed by atoms with Gasteiger partial charge in [0, 0.05) is 11.6 Å². The lowest BCUT2D eigenvalue weighted by atomic mass is 10.1. The van der Waals surface area contributed by atoms with E-state index in [4.69, 9.17) is 15.0 Å². The first-order chi connectivity index (χ1) is 7.61. The highest BCUT2D eigenvalue weighted by Gasteiger charge is 2.13. The Balaban J connectivity index is 2.60. The Morgan fingerprint density at radius 1 is 1.38 bits per heavy atom. The molecule has 0 aliphatic heterocycles. The maximum absolute atomic E-state index is 5.50. The van der Waals surface area contributed by atoms with Crippen LogP contribution >= 0.6 is 15.9 Å². The molecule has 0 fully saturated rings. The third kappa shape index (κ3) is 1.90. The molecule has 1 heterocycles. The number of rotatable bonds is 2. The molecule has 0 saturated carbocycles. The van der Waals surface area contributed by atoms with Crippen LogP contribution < -0.4 is 10.5 Å². The highest BCUT2D eigenvalue weighted by molar-refractivity contribution is 9.10. The number of aryl methyl sites for hydroxylation is 1. The highest BCUT2D eigenvalue weighted by Crippen LogP contribution is 2.36. The number of methoxy groups -OCH3 is 1. The maximum Gasteiger partial charge on any atom is 0.222 e. The van der Waals surface area contributed by atoms with E-state index in [2.05, 4.69) is 21.1 Å². The van der Waals surface area contributed by atoms with Crippen molar-refractivity contribution in [3.63, 3.8) is 0 Å². The first-order valence-corrected chi connectivity index (χ1v) is 5.48. The molecule has 0 aliphatic carbocycles. The molecule has 16 heavy (non-hydrogen) atoms. The van der Waals surface area contributed by atoms with Crippen LogP contribution in [0.5, 0.6) is 5.75 Å². The van der Waals surface area contributed by atoms with Crippen LogP contribution in [0.15, 0.2) is 27.2 Å². The molecule has 0 aliphatic rings. The van der Waals surface area contributed by atoms with Crippen molar-refractivity contribution in [2.45, 2.75) is 6.92 Å². The number of ether oxygens (including phenoxy) is 1. The van der Waals surface area contributed by atoms with E-state index in [1.54, 1.807) is 13.2 Å². The lowest BCUT2D eigenvalue weighted by Crippen LogP contribution is -1.89. The van der Waals surface area contributed by atoms with Crippen LogP contribution in [-0.4, -0.2) is 12.3 Å². The number of anilines is 1. The zero-order chi connectivity index (χ0) is 11.7. The molecular weight excluding hydrogens is 272 g/mol. The molecule has 1 aromatic heterocycles. The van der Waals surface area contributed by atoms with Crippen molar-refractivity contribution in [2.24, 2.45) is 0 Å². The summed E-state index contributed by atoms with van der Waals surface area (Å²) in [5.74, 6) is 1.05. The Kier molecular flexibility index (Phi) is 2.87. The zero-order valence-corrected chi connectivity index (χ0v) is 10.5. The van der Waals surface area contributed by atoms with Gasteiger partial charge < -0.3 is 15.0 Å². The molecule has 4 nitrogen and oxygen atoms in total. The normalized spacial score (nSPS) is 10.4. The Labute approximate surface area is 102 Å². The van der Waals surface area contributed by atoms with E-state index in [0.717, 1.165) is 21.3 Å². The van der Waals surface area contributed by atoms with E-state index in [-0.39, 0.29) is 0 Å². The van der Waals surface area contributed by atoms with E-state index < -0.39 is 0 Å². The largest absolute Gasteiger partial charge is 0.496 e. The van der Waals surface area contributed by atoms with Crippen molar-refractivity contribution >= 4 is 21.8 Å². The van der Waals surface area contributed by atoms with Gasteiger partial charge >= 0.3 is 0 Å². The number of halogens is 1. The Hall–Kier alpha value is -1.49. The van der Waals surface area contributed by atoms with Crippen molar-refractivity contribution < 1.29 is 9.26 Å². The minimum absolute atomic E-state index is 0.294. The van der Waals surface area contributed by atoms with Gasteiger partial charge in [0.05, 0.1) is 11.6 Å². The zero-order valence-electron chi connectivity index (χ0n) is 8.95. The number of hydrogen-bond donors (Lipinski definition) is 1. The second-order valence-corrected chi connectivity index (χ2v) is 4.24. The molecule has 0 saturated heterocycles. The summed E-state index contributed by atoms with van der Waals surface area (Å²) in [6, 6.07) is 5.61. The van der Waals surface area contributed by atoms with Crippen molar-refractivity contribution in [3.05, 3.63) is 28.2 Å². The molecule has 84 valence electrons. The predicted molar refractivity (Wildman–Crippen MR) is 65.3 cm³/mol. The number of nitrogens with zero attached hydrogens (tertiary/aromatic N) is 1. The molecule has 2 aromatic rings. The van der Waals surface area contributed by atoms with Crippen LogP contribution in [-0.2, 0) is 0 Å². The molecule has 0 atom stereocenters. The summed E-state index contributed by atoms with van der Waals surface area (Å²) in [4.78, 5) is 0. The van der Waals surface area contributed by atoms with Crippen LogP contribution in [0.3, 0.4) is 0 Å². The topological polar surface area (TPSA) is 61.3 Å². The molecule has 0 amide bonds. The fourth-order valence-corrected chi connectivity index (χ4v) is 2.08. The maximum atomic E-state index is 5.50. The molecule has 0 radical (unpaired) electrons. The van der Waals surface area contributed by atoms with Gasteiger partial charge in [-0.15, -0.1) is 0 Å². The second-order valence-electron chi connectivity index (χ2n) is 3.44. The van der Waals surface area contributed by atoms with Gasteiger partial charge in [0.25, 0.3) is 0 Å². The number of benzene rings is 1. The average Bonchev–Trinajstić information content (AvgIpc) is 2.67. The number of nitrogen functional groups attached to an aromatic ring is 1. The third-order valence-electron chi connectivity index (χ3n) is 2.21. The van der Waals surface area contributed by atoms with Gasteiger partial charge in [0.2, 0.25) is 5.88 Å². The van der Waals surface area contributed by atoms with E-state index in [0.29, 0.717) is 11.6 Å².